The average molecular weight is 440 g/mol. The number of fused-ring (bicyclic) bond motifs is 1. The molecule has 6 unspecified atom stereocenters. The molecule has 2 N–H and O–H groups in total. The zero-order valence-electron chi connectivity index (χ0n) is 18.4. The largest absolute Gasteiger partial charge is 0.354 e. The fourth-order valence-corrected chi connectivity index (χ4v) is 4.99. The first kappa shape index (κ1) is 23.0. The fraction of sp³-hybridized carbons (Fsp3) is 0.857. The summed E-state index contributed by atoms with van der Waals surface area (Å²) in [6.45, 7) is 6.94. The second-order valence-corrected chi connectivity index (χ2v) is 10.4. The van der Waals surface area contributed by atoms with Crippen LogP contribution in [0.3, 0.4) is 0 Å². The van der Waals surface area contributed by atoms with E-state index in [1.54, 1.807) is 5.01 Å². The Morgan fingerprint density at radius 1 is 1.07 bits per heavy atom. The van der Waals surface area contributed by atoms with Gasteiger partial charge >= 0.3 is 0 Å². The van der Waals surface area contributed by atoms with Gasteiger partial charge in [0.05, 0.1) is 17.5 Å². The highest BCUT2D eigenvalue weighted by atomic mass is 35.5. The van der Waals surface area contributed by atoms with Gasteiger partial charge in [-0.25, -0.2) is 0 Å². The number of hydrogen-bond acceptors (Lipinski definition) is 6. The van der Waals surface area contributed by atoms with Crippen LogP contribution in [0.2, 0.25) is 0 Å². The molecule has 0 aromatic rings. The Labute approximate surface area is 183 Å². The van der Waals surface area contributed by atoms with Crippen molar-refractivity contribution in [1.82, 2.24) is 15.6 Å². The van der Waals surface area contributed by atoms with E-state index in [9.17, 15) is 14.4 Å². The molecule has 0 aromatic heterocycles. The van der Waals surface area contributed by atoms with E-state index in [1.165, 1.54) is 6.92 Å². The van der Waals surface area contributed by atoms with Crippen molar-refractivity contribution in [3.8, 4) is 0 Å². The molecule has 2 aliphatic carbocycles. The maximum atomic E-state index is 13.4. The maximum absolute atomic E-state index is 13.4. The van der Waals surface area contributed by atoms with Crippen molar-refractivity contribution in [2.75, 3.05) is 0 Å². The lowest BCUT2D eigenvalue weighted by Crippen LogP contribution is -2.60. The molecule has 0 bridgehead atoms. The molecule has 2 saturated carbocycles. The first-order chi connectivity index (χ1) is 14.1. The van der Waals surface area contributed by atoms with Crippen molar-refractivity contribution < 1.29 is 14.4 Å². The molecule has 0 spiro atoms. The average Bonchev–Trinajstić information content (AvgIpc) is 3.07. The normalized spacial score (nSPS) is 32.3. The van der Waals surface area contributed by atoms with E-state index < -0.39 is 11.5 Å². The van der Waals surface area contributed by atoms with Gasteiger partial charge in [-0.05, 0) is 32.1 Å². The van der Waals surface area contributed by atoms with Gasteiger partial charge in [0, 0.05) is 24.4 Å². The molecule has 0 radical (unpaired) electrons. The van der Waals surface area contributed by atoms with Crippen LogP contribution in [0, 0.1) is 5.41 Å². The Morgan fingerprint density at radius 3 is 2.43 bits per heavy atom. The number of halogens is 1. The van der Waals surface area contributed by atoms with Crippen molar-refractivity contribution in [2.45, 2.75) is 108 Å². The predicted molar refractivity (Wildman–Crippen MR) is 114 cm³/mol. The Kier molecular flexibility index (Phi) is 7.05. The number of hydrogen-bond donors (Lipinski definition) is 2. The standard InChI is InChI=1S/C21H34ClN5O3/c1-12(28)23-13-9-10-14(22)16(11-13)24-20(30)18(19(29)21(2,3)4)27-17-8-6-5-7-15(17)25-26-27/h13-18H,5-11H2,1-4H3,(H,23,28)(H,24,30). The third kappa shape index (κ3) is 5.13. The van der Waals surface area contributed by atoms with E-state index >= 15 is 0 Å². The van der Waals surface area contributed by atoms with Crippen molar-refractivity contribution in [3.05, 3.63) is 0 Å². The van der Waals surface area contributed by atoms with Crippen molar-refractivity contribution in [1.29, 1.82) is 0 Å². The van der Waals surface area contributed by atoms with E-state index in [-0.39, 0.29) is 47.1 Å². The molecule has 2 amide bonds. The third-order valence-electron chi connectivity index (χ3n) is 6.34. The van der Waals surface area contributed by atoms with Crippen LogP contribution in [0.1, 0.15) is 72.6 Å². The van der Waals surface area contributed by atoms with E-state index in [2.05, 4.69) is 21.0 Å². The van der Waals surface area contributed by atoms with Gasteiger partial charge in [-0.1, -0.05) is 38.8 Å². The van der Waals surface area contributed by atoms with Gasteiger partial charge in [0.2, 0.25) is 5.91 Å². The number of nitrogens with zero attached hydrogens (tertiary/aromatic N) is 3. The minimum absolute atomic E-state index is 0.00826. The number of carbonyl (C=O) groups excluding carboxylic acids is 3. The third-order valence-corrected chi connectivity index (χ3v) is 6.86. The number of carbonyl (C=O) groups is 3. The van der Waals surface area contributed by atoms with Crippen LogP contribution in [-0.2, 0) is 14.4 Å². The van der Waals surface area contributed by atoms with E-state index in [0.717, 1.165) is 32.1 Å². The van der Waals surface area contributed by atoms with Crippen LogP contribution in [0.4, 0.5) is 0 Å². The van der Waals surface area contributed by atoms with Crippen LogP contribution < -0.4 is 10.6 Å². The lowest BCUT2D eigenvalue weighted by atomic mass is 9.83. The number of alkyl halides is 1. The minimum atomic E-state index is -1.02. The second-order valence-electron chi connectivity index (χ2n) is 9.86. The van der Waals surface area contributed by atoms with E-state index in [1.807, 2.05) is 20.8 Å². The SMILES string of the molecule is CC(=O)NC1CCC(Cl)C(NC(=O)C(C(=O)C(C)(C)C)N2N=NC3CCCCC32)C1. The summed E-state index contributed by atoms with van der Waals surface area (Å²) in [7, 11) is 0. The van der Waals surface area contributed by atoms with Gasteiger partial charge in [-0.2, -0.15) is 5.11 Å². The Balaban J connectivity index is 1.77. The zero-order valence-corrected chi connectivity index (χ0v) is 19.1. The number of nitrogens with one attached hydrogen (secondary N) is 2. The lowest BCUT2D eigenvalue weighted by Gasteiger charge is -2.38. The summed E-state index contributed by atoms with van der Waals surface area (Å²) >= 11 is 6.51. The first-order valence-electron chi connectivity index (χ1n) is 11.0. The highest BCUT2D eigenvalue weighted by Gasteiger charge is 2.47. The van der Waals surface area contributed by atoms with Crippen LogP contribution in [0.5, 0.6) is 0 Å². The molecular weight excluding hydrogens is 406 g/mol. The van der Waals surface area contributed by atoms with Gasteiger partial charge in [0.25, 0.3) is 5.91 Å². The maximum Gasteiger partial charge on any atom is 0.252 e. The summed E-state index contributed by atoms with van der Waals surface area (Å²) in [5, 5.41) is 16.0. The molecule has 6 atom stereocenters. The Bertz CT molecular complexity index is 707. The Hall–Kier alpha value is -1.70. The van der Waals surface area contributed by atoms with Crippen LogP contribution in [0.25, 0.3) is 0 Å². The van der Waals surface area contributed by atoms with E-state index in [0.29, 0.717) is 12.8 Å². The highest BCUT2D eigenvalue weighted by molar-refractivity contribution is 6.21. The molecule has 3 aliphatic rings. The van der Waals surface area contributed by atoms with Crippen molar-refractivity contribution >= 4 is 29.2 Å². The number of Topliss-reactive ketones (excluding diaryl/α,β-unsaturated/α-hetero) is 1. The number of rotatable bonds is 5. The van der Waals surface area contributed by atoms with Crippen LogP contribution in [-0.4, -0.2) is 58.2 Å². The summed E-state index contributed by atoms with van der Waals surface area (Å²) < 4.78 is 0. The highest BCUT2D eigenvalue weighted by Crippen LogP contribution is 2.34. The summed E-state index contributed by atoms with van der Waals surface area (Å²) in [6, 6.07) is -1.32. The van der Waals surface area contributed by atoms with Gasteiger partial charge in [-0.15, -0.1) is 11.6 Å². The summed E-state index contributed by atoms with van der Waals surface area (Å²) in [5.41, 5.74) is -0.698. The smallest absolute Gasteiger partial charge is 0.252 e. The first-order valence-corrected chi connectivity index (χ1v) is 11.5. The lowest BCUT2D eigenvalue weighted by molar-refractivity contribution is -0.142. The quantitative estimate of drug-likeness (QED) is 0.507. The number of amides is 2. The molecule has 8 nitrogen and oxygen atoms in total. The molecular formula is C21H34ClN5O3. The molecule has 2 fully saturated rings. The van der Waals surface area contributed by atoms with Crippen molar-refractivity contribution in [3.63, 3.8) is 0 Å². The van der Waals surface area contributed by atoms with Gasteiger partial charge in [0.15, 0.2) is 11.8 Å². The Morgan fingerprint density at radius 2 is 1.77 bits per heavy atom. The van der Waals surface area contributed by atoms with Crippen LogP contribution >= 0.6 is 11.6 Å². The fourth-order valence-electron chi connectivity index (χ4n) is 4.70. The zero-order chi connectivity index (χ0) is 22.1. The van der Waals surface area contributed by atoms with E-state index in [4.69, 9.17) is 11.6 Å². The topological polar surface area (TPSA) is 103 Å². The molecule has 9 heteroatoms. The summed E-state index contributed by atoms with van der Waals surface area (Å²) in [6.07, 6.45) is 5.96. The van der Waals surface area contributed by atoms with Gasteiger partial charge in [-0.3, -0.25) is 19.4 Å². The summed E-state index contributed by atoms with van der Waals surface area (Å²) in [4.78, 5) is 38.2. The second kappa shape index (κ2) is 9.20. The molecule has 0 saturated heterocycles. The van der Waals surface area contributed by atoms with Crippen molar-refractivity contribution in [2.24, 2.45) is 15.8 Å². The molecule has 3 rings (SSSR count). The van der Waals surface area contributed by atoms with Gasteiger partial charge in [0.1, 0.15) is 0 Å². The number of ketones is 1. The monoisotopic (exact) mass is 439 g/mol. The molecule has 30 heavy (non-hydrogen) atoms. The predicted octanol–water partition coefficient (Wildman–Crippen LogP) is 2.75. The molecule has 168 valence electrons. The molecule has 0 aromatic carbocycles. The molecule has 1 aliphatic heterocycles. The minimum Gasteiger partial charge on any atom is -0.354 e. The van der Waals surface area contributed by atoms with Gasteiger partial charge < -0.3 is 10.6 Å². The summed E-state index contributed by atoms with van der Waals surface area (Å²) in [5.74, 6) is -0.649. The van der Waals surface area contributed by atoms with Crippen LogP contribution in [0.15, 0.2) is 10.3 Å². The molecule has 1 heterocycles.